The van der Waals surface area contributed by atoms with Gasteiger partial charge in [0.15, 0.2) is 6.61 Å². The van der Waals surface area contributed by atoms with Crippen LogP contribution in [0.25, 0.3) is 11.0 Å². The normalized spacial score (nSPS) is 11.5. The second kappa shape index (κ2) is 6.39. The van der Waals surface area contributed by atoms with E-state index in [1.165, 1.54) is 12.4 Å². The maximum absolute atomic E-state index is 12.1. The summed E-state index contributed by atoms with van der Waals surface area (Å²) in [4.78, 5) is 27.6. The van der Waals surface area contributed by atoms with E-state index in [0.717, 1.165) is 10.9 Å². The van der Waals surface area contributed by atoms with Gasteiger partial charge in [0.2, 0.25) is 0 Å². The number of nitrogens with zero attached hydrogens (tertiary/aromatic N) is 2. The fraction of sp³-hybridized carbons (Fsp3) is 0.294. The molecule has 1 amide bonds. The van der Waals surface area contributed by atoms with Crippen LogP contribution in [-0.2, 0) is 10.3 Å². The minimum Gasteiger partial charge on any atom is -0.484 e. The second-order valence-electron chi connectivity index (χ2n) is 6.20. The minimum absolute atomic E-state index is 0.181. The van der Waals surface area contributed by atoms with Crippen LogP contribution in [0.5, 0.6) is 5.75 Å². The molecule has 0 aliphatic carbocycles. The number of nitrogens with one attached hydrogen (secondary N) is 2. The Bertz CT molecular complexity index is 960. The van der Waals surface area contributed by atoms with Crippen LogP contribution < -0.4 is 15.7 Å². The quantitative estimate of drug-likeness (QED) is 0.682. The lowest BCUT2D eigenvalue weighted by molar-refractivity contribution is -0.124. The van der Waals surface area contributed by atoms with Gasteiger partial charge in [0, 0.05) is 17.5 Å². The molecule has 0 bridgehead atoms. The molecule has 1 aromatic carbocycles. The highest BCUT2D eigenvalue weighted by Crippen LogP contribution is 2.22. The topological polar surface area (TPSA) is 110 Å². The molecule has 0 aliphatic heterocycles. The zero-order valence-corrected chi connectivity index (χ0v) is 14.1. The van der Waals surface area contributed by atoms with Gasteiger partial charge in [-0.05, 0) is 38.5 Å². The molecular weight excluding hydrogens is 324 g/mol. The number of amides is 1. The smallest absolute Gasteiger partial charge is 0.336 e. The van der Waals surface area contributed by atoms with Gasteiger partial charge in [-0.15, -0.1) is 0 Å². The molecule has 3 rings (SSSR count). The van der Waals surface area contributed by atoms with Crippen LogP contribution in [0.15, 0.2) is 39.8 Å². The number of carbonyl (C=O) groups is 1. The summed E-state index contributed by atoms with van der Waals surface area (Å²) in [5, 5.41) is 10.1. The van der Waals surface area contributed by atoms with Crippen molar-refractivity contribution in [2.75, 3.05) is 6.61 Å². The number of hydrogen-bond donors (Lipinski definition) is 2. The van der Waals surface area contributed by atoms with Gasteiger partial charge < -0.3 is 14.5 Å². The lowest BCUT2D eigenvalue weighted by Crippen LogP contribution is -2.44. The second-order valence-corrected chi connectivity index (χ2v) is 6.20. The summed E-state index contributed by atoms with van der Waals surface area (Å²) >= 11 is 0. The molecule has 0 spiro atoms. The van der Waals surface area contributed by atoms with Crippen molar-refractivity contribution in [3.05, 3.63) is 52.4 Å². The number of aromatic amines is 1. The molecule has 8 heteroatoms. The van der Waals surface area contributed by atoms with E-state index in [4.69, 9.17) is 9.15 Å². The summed E-state index contributed by atoms with van der Waals surface area (Å²) in [6.45, 7) is 5.26. The van der Waals surface area contributed by atoms with Crippen LogP contribution in [-0.4, -0.2) is 27.7 Å². The monoisotopic (exact) mass is 342 g/mol. The Morgan fingerprint density at radius 3 is 2.88 bits per heavy atom. The van der Waals surface area contributed by atoms with E-state index < -0.39 is 11.2 Å². The highest BCUT2D eigenvalue weighted by atomic mass is 16.5. The lowest BCUT2D eigenvalue weighted by Gasteiger charge is -2.23. The van der Waals surface area contributed by atoms with Crippen molar-refractivity contribution < 1.29 is 13.9 Å². The fourth-order valence-electron chi connectivity index (χ4n) is 2.49. The molecule has 0 saturated heterocycles. The van der Waals surface area contributed by atoms with Gasteiger partial charge >= 0.3 is 5.63 Å². The molecule has 3 aromatic rings. The minimum atomic E-state index is -0.704. The van der Waals surface area contributed by atoms with E-state index in [0.29, 0.717) is 17.2 Å². The Morgan fingerprint density at radius 1 is 1.36 bits per heavy atom. The Labute approximate surface area is 143 Å². The number of carbonyl (C=O) groups excluding carboxylic acids is 1. The van der Waals surface area contributed by atoms with Gasteiger partial charge in [-0.2, -0.15) is 5.10 Å². The van der Waals surface area contributed by atoms with Crippen LogP contribution in [0.2, 0.25) is 0 Å². The molecule has 130 valence electrons. The predicted octanol–water partition coefficient (Wildman–Crippen LogP) is 1.65. The zero-order valence-electron chi connectivity index (χ0n) is 14.1. The first-order valence-electron chi connectivity index (χ1n) is 7.69. The van der Waals surface area contributed by atoms with Crippen LogP contribution in [0, 0.1) is 6.92 Å². The summed E-state index contributed by atoms with van der Waals surface area (Å²) in [7, 11) is 0. The van der Waals surface area contributed by atoms with E-state index in [9.17, 15) is 9.59 Å². The summed E-state index contributed by atoms with van der Waals surface area (Å²) in [5.74, 6) is 0.671. The molecule has 0 atom stereocenters. The maximum atomic E-state index is 12.1. The molecule has 2 N–H and O–H groups in total. The number of fused-ring (bicyclic) bond motifs is 1. The number of aromatic nitrogens is 3. The van der Waals surface area contributed by atoms with Crippen LogP contribution >= 0.6 is 0 Å². The predicted molar refractivity (Wildman–Crippen MR) is 90.3 cm³/mol. The van der Waals surface area contributed by atoms with E-state index >= 15 is 0 Å². The van der Waals surface area contributed by atoms with Crippen LogP contribution in [0.4, 0.5) is 0 Å². The largest absolute Gasteiger partial charge is 0.484 e. The molecule has 0 saturated carbocycles. The van der Waals surface area contributed by atoms with Gasteiger partial charge in [-0.3, -0.25) is 9.89 Å². The average molecular weight is 342 g/mol. The van der Waals surface area contributed by atoms with Gasteiger partial charge in [-0.1, -0.05) is 0 Å². The van der Waals surface area contributed by atoms with Crippen molar-refractivity contribution in [1.29, 1.82) is 0 Å². The maximum Gasteiger partial charge on any atom is 0.336 e. The average Bonchev–Trinajstić information content (AvgIpc) is 3.07. The first kappa shape index (κ1) is 16.7. The molecular formula is C17H18N4O4. The van der Waals surface area contributed by atoms with Crippen molar-refractivity contribution in [3.8, 4) is 5.75 Å². The van der Waals surface area contributed by atoms with Crippen LogP contribution in [0.1, 0.15) is 25.2 Å². The van der Waals surface area contributed by atoms with Crippen molar-refractivity contribution in [1.82, 2.24) is 20.5 Å². The van der Waals surface area contributed by atoms with Crippen molar-refractivity contribution in [2.45, 2.75) is 26.3 Å². The highest BCUT2D eigenvalue weighted by molar-refractivity contribution is 5.82. The van der Waals surface area contributed by atoms with Crippen molar-refractivity contribution >= 4 is 16.9 Å². The first-order valence-corrected chi connectivity index (χ1v) is 7.69. The van der Waals surface area contributed by atoms with E-state index in [1.807, 2.05) is 6.92 Å². The van der Waals surface area contributed by atoms with Crippen molar-refractivity contribution in [2.24, 2.45) is 0 Å². The Hall–Kier alpha value is -3.16. The van der Waals surface area contributed by atoms with Crippen molar-refractivity contribution in [3.63, 3.8) is 0 Å². The Morgan fingerprint density at radius 2 is 2.16 bits per heavy atom. The molecule has 0 aliphatic rings. The number of ether oxygens (including phenoxy) is 1. The summed E-state index contributed by atoms with van der Waals surface area (Å²) in [6.07, 6.45) is 1.38. The molecule has 8 nitrogen and oxygen atoms in total. The summed E-state index contributed by atoms with van der Waals surface area (Å²) in [6, 6.07) is 6.55. The highest BCUT2D eigenvalue weighted by Gasteiger charge is 2.25. The number of rotatable bonds is 5. The van der Waals surface area contributed by atoms with E-state index in [1.54, 1.807) is 32.0 Å². The fourth-order valence-corrected chi connectivity index (χ4v) is 2.49. The third-order valence-electron chi connectivity index (χ3n) is 3.75. The van der Waals surface area contributed by atoms with Gasteiger partial charge in [0.25, 0.3) is 5.91 Å². The molecule has 2 aromatic heterocycles. The van der Waals surface area contributed by atoms with Crippen LogP contribution in [0.3, 0.4) is 0 Å². The molecule has 25 heavy (non-hydrogen) atoms. The van der Waals surface area contributed by atoms with Gasteiger partial charge in [0.05, 0.1) is 5.54 Å². The van der Waals surface area contributed by atoms with E-state index in [2.05, 4.69) is 20.5 Å². The standard InChI is InChI=1S/C17H18N4O4/c1-10-6-15(23)25-13-7-11(4-5-12(10)13)24-8-14(22)20-17(2,3)16-18-9-19-21-16/h4-7,9H,8H2,1-3H3,(H,20,22)(H,18,19,21). The molecule has 0 radical (unpaired) electrons. The number of H-pyrrole nitrogens is 1. The number of aryl methyl sites for hydroxylation is 1. The van der Waals surface area contributed by atoms with Gasteiger partial charge in [0.1, 0.15) is 23.5 Å². The first-order chi connectivity index (χ1) is 11.8. The SMILES string of the molecule is Cc1cc(=O)oc2cc(OCC(=O)NC(C)(C)c3ncn[nH]3)ccc12. The Kier molecular flexibility index (Phi) is 4.26. The Balaban J connectivity index is 1.68. The zero-order chi connectivity index (χ0) is 18.0. The van der Waals surface area contributed by atoms with E-state index in [-0.39, 0.29) is 12.5 Å². The van der Waals surface area contributed by atoms with Gasteiger partial charge in [-0.25, -0.2) is 9.78 Å². The molecule has 0 unspecified atom stereocenters. The number of benzene rings is 1. The third kappa shape index (κ3) is 3.68. The molecule has 2 heterocycles. The summed E-state index contributed by atoms with van der Waals surface area (Å²) < 4.78 is 10.7. The lowest BCUT2D eigenvalue weighted by atomic mass is 10.1. The third-order valence-corrected chi connectivity index (χ3v) is 3.75. The number of hydrogen-bond acceptors (Lipinski definition) is 6. The molecule has 0 fully saturated rings. The summed E-state index contributed by atoms with van der Waals surface area (Å²) in [5.41, 5.74) is 0.118.